The van der Waals surface area contributed by atoms with Crippen molar-refractivity contribution < 1.29 is 10.2 Å². The van der Waals surface area contributed by atoms with Gasteiger partial charge in [-0.15, -0.1) is 0 Å². The van der Waals surface area contributed by atoms with Gasteiger partial charge >= 0.3 is 0 Å². The summed E-state index contributed by atoms with van der Waals surface area (Å²) in [6.07, 6.45) is 6.82. The quantitative estimate of drug-likeness (QED) is 0.838. The van der Waals surface area contributed by atoms with Gasteiger partial charge in [0, 0.05) is 0 Å². The Hall–Kier alpha value is -0.860. The van der Waals surface area contributed by atoms with Crippen molar-refractivity contribution in [3.8, 4) is 0 Å². The molecule has 1 aromatic rings. The molecule has 0 amide bonds. The maximum Gasteiger partial charge on any atom is 0.0791 e. The minimum atomic E-state index is -0.440. The summed E-state index contributed by atoms with van der Waals surface area (Å²) in [4.78, 5) is 0. The van der Waals surface area contributed by atoms with E-state index < -0.39 is 6.10 Å². The molecule has 0 unspecified atom stereocenters. The van der Waals surface area contributed by atoms with Crippen LogP contribution < -0.4 is 0 Å². The summed E-state index contributed by atoms with van der Waals surface area (Å²) in [5.41, 5.74) is 0.952. The van der Waals surface area contributed by atoms with Crippen molar-refractivity contribution in [1.29, 1.82) is 0 Å². The first-order chi connectivity index (χ1) is 8.77. The molecule has 0 bridgehead atoms. The van der Waals surface area contributed by atoms with Crippen LogP contribution in [0.5, 0.6) is 0 Å². The van der Waals surface area contributed by atoms with Crippen molar-refractivity contribution >= 4 is 0 Å². The molecule has 1 aliphatic carbocycles. The van der Waals surface area contributed by atoms with Crippen LogP contribution in [0.15, 0.2) is 30.3 Å². The largest absolute Gasteiger partial charge is 0.393 e. The van der Waals surface area contributed by atoms with Crippen LogP contribution >= 0.6 is 0 Å². The summed E-state index contributed by atoms with van der Waals surface area (Å²) >= 11 is 0. The van der Waals surface area contributed by atoms with E-state index >= 15 is 0 Å². The van der Waals surface area contributed by atoms with E-state index in [4.69, 9.17) is 0 Å². The van der Waals surface area contributed by atoms with Crippen LogP contribution in [-0.4, -0.2) is 16.3 Å². The molecule has 18 heavy (non-hydrogen) atoms. The summed E-state index contributed by atoms with van der Waals surface area (Å²) in [5, 5.41) is 20.2. The molecular formula is C16H24O2. The van der Waals surface area contributed by atoms with Crippen LogP contribution in [0.1, 0.15) is 56.6 Å². The maximum absolute atomic E-state index is 10.2. The van der Waals surface area contributed by atoms with Gasteiger partial charge in [-0.25, -0.2) is 0 Å². The molecule has 0 heterocycles. The van der Waals surface area contributed by atoms with E-state index in [9.17, 15) is 10.2 Å². The Morgan fingerprint density at radius 3 is 2.28 bits per heavy atom. The molecule has 0 radical (unpaired) electrons. The van der Waals surface area contributed by atoms with E-state index in [0.29, 0.717) is 18.8 Å². The minimum absolute atomic E-state index is 0.233. The standard InChI is InChI=1S/C16H24O2/c17-15(13-7-3-1-4-8-13)11-12-16(18)14-9-5-2-6-10-14/h1,3-4,7-8,14-18H,2,5-6,9-12H2/t15-,16+/m1/s1. The van der Waals surface area contributed by atoms with E-state index in [-0.39, 0.29) is 6.10 Å². The molecule has 0 saturated heterocycles. The molecule has 2 atom stereocenters. The van der Waals surface area contributed by atoms with E-state index in [1.54, 1.807) is 0 Å². The molecule has 0 aromatic heterocycles. The van der Waals surface area contributed by atoms with Gasteiger partial charge in [0.2, 0.25) is 0 Å². The van der Waals surface area contributed by atoms with Gasteiger partial charge in [-0.2, -0.15) is 0 Å². The predicted molar refractivity (Wildman–Crippen MR) is 73.2 cm³/mol. The molecule has 0 aliphatic heterocycles. The van der Waals surface area contributed by atoms with Gasteiger partial charge in [-0.3, -0.25) is 0 Å². The molecule has 1 aliphatic rings. The summed E-state index contributed by atoms with van der Waals surface area (Å²) in [7, 11) is 0. The van der Waals surface area contributed by atoms with E-state index in [1.807, 2.05) is 30.3 Å². The number of aliphatic hydroxyl groups is 2. The Labute approximate surface area is 110 Å². The SMILES string of the molecule is O[C@H](CC[C@H](O)C1CCCCC1)c1ccccc1. The summed E-state index contributed by atoms with van der Waals surface area (Å²) in [6.45, 7) is 0. The Balaban J connectivity index is 1.76. The number of hydrogen-bond acceptors (Lipinski definition) is 2. The predicted octanol–water partition coefficient (Wildman–Crippen LogP) is 3.44. The zero-order chi connectivity index (χ0) is 12.8. The number of aliphatic hydroxyl groups excluding tert-OH is 2. The Morgan fingerprint density at radius 1 is 0.944 bits per heavy atom. The van der Waals surface area contributed by atoms with Gasteiger partial charge in [0.15, 0.2) is 0 Å². The van der Waals surface area contributed by atoms with E-state index in [2.05, 4.69) is 0 Å². The van der Waals surface area contributed by atoms with Crippen molar-refractivity contribution in [1.82, 2.24) is 0 Å². The lowest BCUT2D eigenvalue weighted by molar-refractivity contribution is 0.0577. The third kappa shape index (κ3) is 3.82. The summed E-state index contributed by atoms with van der Waals surface area (Å²) < 4.78 is 0. The van der Waals surface area contributed by atoms with Crippen molar-refractivity contribution in [3.05, 3.63) is 35.9 Å². The second kappa shape index (κ2) is 6.91. The lowest BCUT2D eigenvalue weighted by Crippen LogP contribution is -2.23. The Bertz CT molecular complexity index is 330. The molecule has 2 heteroatoms. The van der Waals surface area contributed by atoms with Gasteiger partial charge in [0.05, 0.1) is 12.2 Å². The third-order valence-electron chi connectivity index (χ3n) is 4.11. The third-order valence-corrected chi connectivity index (χ3v) is 4.11. The fraction of sp³-hybridized carbons (Fsp3) is 0.625. The number of benzene rings is 1. The lowest BCUT2D eigenvalue weighted by Gasteiger charge is -2.27. The molecule has 2 N–H and O–H groups in total. The smallest absolute Gasteiger partial charge is 0.0791 e. The first kappa shape index (κ1) is 13.6. The molecule has 1 saturated carbocycles. The average Bonchev–Trinajstić information content (AvgIpc) is 2.46. The van der Waals surface area contributed by atoms with Gasteiger partial charge < -0.3 is 10.2 Å². The second-order valence-electron chi connectivity index (χ2n) is 5.47. The van der Waals surface area contributed by atoms with Crippen molar-refractivity contribution in [2.75, 3.05) is 0 Å². The average molecular weight is 248 g/mol. The monoisotopic (exact) mass is 248 g/mol. The van der Waals surface area contributed by atoms with Gasteiger partial charge in [0.25, 0.3) is 0 Å². The number of hydrogen-bond donors (Lipinski definition) is 2. The fourth-order valence-electron chi connectivity index (χ4n) is 2.93. The Morgan fingerprint density at radius 2 is 1.61 bits per heavy atom. The number of rotatable bonds is 5. The summed E-state index contributed by atoms with van der Waals surface area (Å²) in [5.74, 6) is 0.460. The highest BCUT2D eigenvalue weighted by Crippen LogP contribution is 2.29. The minimum Gasteiger partial charge on any atom is -0.393 e. The molecule has 2 rings (SSSR count). The molecule has 100 valence electrons. The molecular weight excluding hydrogens is 224 g/mol. The van der Waals surface area contributed by atoms with Crippen molar-refractivity contribution in [2.45, 2.75) is 57.2 Å². The first-order valence-corrected chi connectivity index (χ1v) is 7.18. The molecule has 1 fully saturated rings. The van der Waals surface area contributed by atoms with E-state index in [1.165, 1.54) is 19.3 Å². The highest BCUT2D eigenvalue weighted by molar-refractivity contribution is 5.17. The zero-order valence-corrected chi connectivity index (χ0v) is 11.0. The highest BCUT2D eigenvalue weighted by atomic mass is 16.3. The first-order valence-electron chi connectivity index (χ1n) is 7.18. The molecule has 2 nitrogen and oxygen atoms in total. The molecule has 0 spiro atoms. The van der Waals surface area contributed by atoms with Gasteiger partial charge in [-0.1, -0.05) is 49.6 Å². The summed E-state index contributed by atoms with van der Waals surface area (Å²) in [6, 6.07) is 9.72. The van der Waals surface area contributed by atoms with Crippen LogP contribution in [0.4, 0.5) is 0 Å². The topological polar surface area (TPSA) is 40.5 Å². The van der Waals surface area contributed by atoms with Crippen LogP contribution in [0.25, 0.3) is 0 Å². The second-order valence-corrected chi connectivity index (χ2v) is 5.47. The highest BCUT2D eigenvalue weighted by Gasteiger charge is 2.22. The van der Waals surface area contributed by atoms with Crippen LogP contribution in [0, 0.1) is 5.92 Å². The van der Waals surface area contributed by atoms with Gasteiger partial charge in [-0.05, 0) is 37.2 Å². The van der Waals surface area contributed by atoms with Crippen LogP contribution in [-0.2, 0) is 0 Å². The maximum atomic E-state index is 10.2. The van der Waals surface area contributed by atoms with E-state index in [0.717, 1.165) is 18.4 Å². The zero-order valence-electron chi connectivity index (χ0n) is 11.0. The van der Waals surface area contributed by atoms with Crippen molar-refractivity contribution in [3.63, 3.8) is 0 Å². The lowest BCUT2D eigenvalue weighted by atomic mass is 9.83. The fourth-order valence-corrected chi connectivity index (χ4v) is 2.93. The van der Waals surface area contributed by atoms with Crippen LogP contribution in [0.3, 0.4) is 0 Å². The Kier molecular flexibility index (Phi) is 5.21. The normalized spacial score (nSPS) is 20.6. The van der Waals surface area contributed by atoms with Gasteiger partial charge in [0.1, 0.15) is 0 Å². The van der Waals surface area contributed by atoms with Crippen molar-refractivity contribution in [2.24, 2.45) is 5.92 Å². The molecule has 1 aromatic carbocycles. The van der Waals surface area contributed by atoms with Crippen LogP contribution in [0.2, 0.25) is 0 Å².